The molecular formula is C14H17ClN2O. The summed E-state index contributed by atoms with van der Waals surface area (Å²) in [7, 11) is 0. The number of nitriles is 1. The van der Waals surface area contributed by atoms with Gasteiger partial charge in [-0.15, -0.1) is 0 Å². The van der Waals surface area contributed by atoms with E-state index in [-0.39, 0.29) is 0 Å². The van der Waals surface area contributed by atoms with Gasteiger partial charge in [0, 0.05) is 6.07 Å². The Balaban J connectivity index is 1.94. The van der Waals surface area contributed by atoms with Gasteiger partial charge in [-0.3, -0.25) is 0 Å². The lowest BCUT2D eigenvalue weighted by Gasteiger charge is -2.18. The molecule has 1 saturated carbocycles. The zero-order valence-corrected chi connectivity index (χ0v) is 11.0. The summed E-state index contributed by atoms with van der Waals surface area (Å²) < 4.78 is 5.75. The van der Waals surface area contributed by atoms with E-state index in [4.69, 9.17) is 27.3 Å². The minimum Gasteiger partial charge on any atom is -0.493 e. The lowest BCUT2D eigenvalue weighted by atomic mass is 9.97. The van der Waals surface area contributed by atoms with Crippen molar-refractivity contribution in [1.29, 1.82) is 5.26 Å². The van der Waals surface area contributed by atoms with Crippen LogP contribution in [0.5, 0.6) is 5.75 Å². The Kier molecular flexibility index (Phi) is 4.46. The predicted octanol–water partition coefficient (Wildman–Crippen LogP) is 2.97. The average molecular weight is 265 g/mol. The van der Waals surface area contributed by atoms with Crippen molar-refractivity contribution in [3.63, 3.8) is 0 Å². The van der Waals surface area contributed by atoms with Crippen LogP contribution in [0.25, 0.3) is 0 Å². The Morgan fingerprint density at radius 3 is 2.83 bits per heavy atom. The number of hydrogen-bond donors (Lipinski definition) is 1. The minimum absolute atomic E-state index is 0.441. The van der Waals surface area contributed by atoms with Gasteiger partial charge in [-0.2, -0.15) is 5.26 Å². The average Bonchev–Trinajstić information content (AvgIpc) is 2.84. The van der Waals surface area contributed by atoms with Crippen LogP contribution in [0.4, 0.5) is 0 Å². The lowest BCUT2D eigenvalue weighted by Crippen LogP contribution is -2.23. The molecular weight excluding hydrogens is 248 g/mol. The molecule has 2 atom stereocenters. The predicted molar refractivity (Wildman–Crippen MR) is 71.5 cm³/mol. The van der Waals surface area contributed by atoms with E-state index in [0.29, 0.717) is 29.0 Å². The van der Waals surface area contributed by atoms with E-state index in [1.54, 1.807) is 18.2 Å². The fraction of sp³-hybridized carbons (Fsp3) is 0.500. The van der Waals surface area contributed by atoms with Gasteiger partial charge < -0.3 is 10.5 Å². The van der Waals surface area contributed by atoms with Crippen molar-refractivity contribution in [2.45, 2.75) is 19.3 Å². The first kappa shape index (κ1) is 13.2. The molecule has 1 aromatic carbocycles. The molecule has 0 amide bonds. The van der Waals surface area contributed by atoms with Gasteiger partial charge in [-0.05, 0) is 43.4 Å². The van der Waals surface area contributed by atoms with Gasteiger partial charge in [-0.25, -0.2) is 0 Å². The Morgan fingerprint density at radius 1 is 1.39 bits per heavy atom. The van der Waals surface area contributed by atoms with E-state index >= 15 is 0 Å². The molecule has 0 heterocycles. The molecule has 2 unspecified atom stereocenters. The number of nitrogens with two attached hydrogens (primary N) is 1. The van der Waals surface area contributed by atoms with E-state index in [9.17, 15) is 0 Å². The first-order valence-corrected chi connectivity index (χ1v) is 6.65. The maximum absolute atomic E-state index is 8.79. The van der Waals surface area contributed by atoms with Crippen LogP contribution in [-0.4, -0.2) is 13.2 Å². The molecule has 0 aliphatic heterocycles. The Hall–Kier alpha value is -1.24. The molecule has 1 aromatic rings. The molecule has 2 rings (SSSR count). The summed E-state index contributed by atoms with van der Waals surface area (Å²) in [6, 6.07) is 7.21. The molecule has 2 N–H and O–H groups in total. The molecule has 1 aliphatic rings. The second-order valence-corrected chi connectivity index (χ2v) is 5.16. The van der Waals surface area contributed by atoms with E-state index < -0.39 is 0 Å². The maximum Gasteiger partial charge on any atom is 0.120 e. The third-order valence-corrected chi connectivity index (χ3v) is 3.96. The second-order valence-electron chi connectivity index (χ2n) is 4.75. The highest BCUT2D eigenvalue weighted by atomic mass is 35.5. The molecule has 0 radical (unpaired) electrons. The normalized spacial score (nSPS) is 22.7. The number of rotatable bonds is 4. The molecule has 96 valence electrons. The molecule has 1 fully saturated rings. The third-order valence-electron chi connectivity index (χ3n) is 3.64. The summed E-state index contributed by atoms with van der Waals surface area (Å²) in [5.74, 6) is 1.85. The molecule has 3 nitrogen and oxygen atoms in total. The standard InChI is InChI=1S/C14H17ClN2O/c15-14-6-13(5-4-11(14)8-17)18-9-12-3-1-2-10(12)7-16/h4-6,10,12H,1-3,7,9,16H2. The number of hydrogen-bond acceptors (Lipinski definition) is 3. The van der Waals surface area contributed by atoms with Gasteiger partial charge in [0.1, 0.15) is 11.8 Å². The van der Waals surface area contributed by atoms with E-state index in [1.807, 2.05) is 6.07 Å². The van der Waals surface area contributed by atoms with Gasteiger partial charge in [-0.1, -0.05) is 18.0 Å². The van der Waals surface area contributed by atoms with Crippen molar-refractivity contribution in [2.24, 2.45) is 17.6 Å². The number of ether oxygens (including phenoxy) is 1. The lowest BCUT2D eigenvalue weighted by molar-refractivity contribution is 0.217. The van der Waals surface area contributed by atoms with Crippen LogP contribution in [0.15, 0.2) is 18.2 Å². The Morgan fingerprint density at radius 2 is 2.17 bits per heavy atom. The molecule has 0 bridgehead atoms. The molecule has 4 heteroatoms. The first-order valence-electron chi connectivity index (χ1n) is 6.27. The van der Waals surface area contributed by atoms with Crippen molar-refractivity contribution in [2.75, 3.05) is 13.2 Å². The smallest absolute Gasteiger partial charge is 0.120 e. The van der Waals surface area contributed by atoms with E-state index in [1.165, 1.54) is 19.3 Å². The fourth-order valence-electron chi connectivity index (χ4n) is 2.52. The van der Waals surface area contributed by atoms with Crippen LogP contribution in [0.2, 0.25) is 5.02 Å². The summed E-state index contributed by atoms with van der Waals surface area (Å²) in [5, 5.41) is 9.23. The summed E-state index contributed by atoms with van der Waals surface area (Å²) in [5.41, 5.74) is 6.22. The summed E-state index contributed by atoms with van der Waals surface area (Å²) >= 11 is 5.96. The maximum atomic E-state index is 8.79. The zero-order chi connectivity index (χ0) is 13.0. The largest absolute Gasteiger partial charge is 0.493 e. The zero-order valence-electron chi connectivity index (χ0n) is 10.2. The van der Waals surface area contributed by atoms with Crippen molar-refractivity contribution in [1.82, 2.24) is 0 Å². The number of benzene rings is 1. The number of nitrogens with zero attached hydrogens (tertiary/aromatic N) is 1. The molecule has 0 saturated heterocycles. The van der Waals surface area contributed by atoms with Crippen LogP contribution in [-0.2, 0) is 0 Å². The highest BCUT2D eigenvalue weighted by molar-refractivity contribution is 6.31. The van der Waals surface area contributed by atoms with Crippen LogP contribution in [0.3, 0.4) is 0 Å². The molecule has 0 spiro atoms. The highest BCUT2D eigenvalue weighted by Gasteiger charge is 2.26. The summed E-state index contributed by atoms with van der Waals surface area (Å²) in [6.07, 6.45) is 3.63. The molecule has 18 heavy (non-hydrogen) atoms. The Bertz CT molecular complexity index is 456. The van der Waals surface area contributed by atoms with Gasteiger partial charge in [0.05, 0.1) is 17.2 Å². The van der Waals surface area contributed by atoms with E-state index in [2.05, 4.69) is 0 Å². The van der Waals surface area contributed by atoms with Crippen molar-refractivity contribution >= 4 is 11.6 Å². The first-order chi connectivity index (χ1) is 8.74. The van der Waals surface area contributed by atoms with E-state index in [0.717, 1.165) is 12.3 Å². The minimum atomic E-state index is 0.441. The SMILES string of the molecule is N#Cc1ccc(OCC2CCCC2CN)cc1Cl. The quantitative estimate of drug-likeness (QED) is 0.910. The monoisotopic (exact) mass is 264 g/mol. The van der Waals surface area contributed by atoms with Crippen molar-refractivity contribution < 1.29 is 4.74 Å². The van der Waals surface area contributed by atoms with Crippen molar-refractivity contribution in [3.8, 4) is 11.8 Å². The van der Waals surface area contributed by atoms with Gasteiger partial charge in [0.2, 0.25) is 0 Å². The van der Waals surface area contributed by atoms with Gasteiger partial charge in [0.15, 0.2) is 0 Å². The molecule has 1 aliphatic carbocycles. The number of halogens is 1. The third kappa shape index (κ3) is 2.95. The van der Waals surface area contributed by atoms with Gasteiger partial charge >= 0.3 is 0 Å². The fourth-order valence-corrected chi connectivity index (χ4v) is 2.74. The topological polar surface area (TPSA) is 59.0 Å². The van der Waals surface area contributed by atoms with Crippen LogP contribution >= 0.6 is 11.6 Å². The van der Waals surface area contributed by atoms with Crippen molar-refractivity contribution in [3.05, 3.63) is 28.8 Å². The molecule has 0 aromatic heterocycles. The summed E-state index contributed by atoms with van der Waals surface area (Å²) in [4.78, 5) is 0. The van der Waals surface area contributed by atoms with Crippen LogP contribution in [0.1, 0.15) is 24.8 Å². The summed E-state index contributed by atoms with van der Waals surface area (Å²) in [6.45, 7) is 1.42. The second kappa shape index (κ2) is 6.08. The van der Waals surface area contributed by atoms with Crippen LogP contribution < -0.4 is 10.5 Å². The highest BCUT2D eigenvalue weighted by Crippen LogP contribution is 2.31. The van der Waals surface area contributed by atoms with Gasteiger partial charge in [0.25, 0.3) is 0 Å². The van der Waals surface area contributed by atoms with Crippen LogP contribution in [0, 0.1) is 23.2 Å². The Labute approximate surface area is 112 Å².